The zero-order valence-corrected chi connectivity index (χ0v) is 13.3. The molecular formula is C20H17NO3. The first kappa shape index (κ1) is 15.7. The zero-order chi connectivity index (χ0) is 16.9. The van der Waals surface area contributed by atoms with E-state index in [-0.39, 0.29) is 17.9 Å². The summed E-state index contributed by atoms with van der Waals surface area (Å²) < 4.78 is 5.08. The number of aliphatic imine (C=N–C) groups is 1. The number of esters is 1. The summed E-state index contributed by atoms with van der Waals surface area (Å²) in [5, 5.41) is 10.6. The first-order valence-electron chi connectivity index (χ1n) is 7.72. The number of hydrogen-bond acceptors (Lipinski definition) is 4. The topological polar surface area (TPSA) is 58.9 Å². The molecule has 3 rings (SSSR count). The SMILES string of the molecule is CCOC(=O)c1c2cccccc-2c(C=Nc2ccccc2)c1O. The maximum Gasteiger partial charge on any atom is 0.342 e. The zero-order valence-electron chi connectivity index (χ0n) is 13.3. The van der Waals surface area contributed by atoms with Gasteiger partial charge in [-0.25, -0.2) is 4.79 Å². The van der Waals surface area contributed by atoms with Crippen LogP contribution in [-0.4, -0.2) is 23.9 Å². The van der Waals surface area contributed by atoms with Gasteiger partial charge in [-0.05, 0) is 24.6 Å². The largest absolute Gasteiger partial charge is 0.506 e. The first-order valence-corrected chi connectivity index (χ1v) is 7.72. The van der Waals surface area contributed by atoms with E-state index >= 15 is 0 Å². The fourth-order valence-electron chi connectivity index (χ4n) is 2.58. The van der Waals surface area contributed by atoms with Crippen LogP contribution in [0.5, 0.6) is 5.75 Å². The van der Waals surface area contributed by atoms with Crippen LogP contribution in [0.1, 0.15) is 22.8 Å². The number of carbonyl (C=O) groups is 1. The van der Waals surface area contributed by atoms with Crippen molar-refractivity contribution in [1.82, 2.24) is 0 Å². The minimum atomic E-state index is -0.537. The highest BCUT2D eigenvalue weighted by Crippen LogP contribution is 2.40. The Balaban J connectivity index is 2.13. The Hall–Kier alpha value is -3.14. The van der Waals surface area contributed by atoms with Gasteiger partial charge in [-0.2, -0.15) is 0 Å². The van der Waals surface area contributed by atoms with Gasteiger partial charge in [0, 0.05) is 17.3 Å². The third-order valence-corrected chi connectivity index (χ3v) is 3.67. The van der Waals surface area contributed by atoms with E-state index < -0.39 is 5.97 Å². The molecule has 1 N–H and O–H groups in total. The van der Waals surface area contributed by atoms with E-state index in [1.807, 2.05) is 54.6 Å². The number of benzene rings is 1. The molecular weight excluding hydrogens is 302 g/mol. The van der Waals surface area contributed by atoms with Crippen LogP contribution in [-0.2, 0) is 4.74 Å². The Kier molecular flexibility index (Phi) is 4.57. The minimum Gasteiger partial charge on any atom is -0.506 e. The van der Waals surface area contributed by atoms with Crippen LogP contribution in [0.15, 0.2) is 65.7 Å². The molecule has 0 aromatic heterocycles. The highest BCUT2D eigenvalue weighted by molar-refractivity contribution is 6.10. The van der Waals surface area contributed by atoms with Gasteiger partial charge in [-0.1, -0.05) is 48.5 Å². The average Bonchev–Trinajstić information content (AvgIpc) is 2.73. The normalized spacial score (nSPS) is 11.0. The molecule has 0 aliphatic heterocycles. The molecule has 0 atom stereocenters. The molecule has 0 unspecified atom stereocenters. The Labute approximate surface area is 140 Å². The van der Waals surface area contributed by atoms with Crippen LogP contribution >= 0.6 is 0 Å². The number of para-hydroxylation sites is 1. The van der Waals surface area contributed by atoms with Crippen molar-refractivity contribution in [2.75, 3.05) is 6.61 Å². The third-order valence-electron chi connectivity index (χ3n) is 3.67. The van der Waals surface area contributed by atoms with Gasteiger partial charge in [-0.15, -0.1) is 0 Å². The van der Waals surface area contributed by atoms with E-state index in [1.54, 1.807) is 19.2 Å². The lowest BCUT2D eigenvalue weighted by Gasteiger charge is -2.02. The molecule has 1 aromatic carbocycles. The molecule has 1 aromatic rings. The highest BCUT2D eigenvalue weighted by Gasteiger charge is 2.26. The van der Waals surface area contributed by atoms with Gasteiger partial charge in [0.25, 0.3) is 0 Å². The maximum absolute atomic E-state index is 12.2. The van der Waals surface area contributed by atoms with Gasteiger partial charge in [0.1, 0.15) is 11.3 Å². The van der Waals surface area contributed by atoms with E-state index in [1.165, 1.54) is 0 Å². The molecule has 0 saturated heterocycles. The van der Waals surface area contributed by atoms with Crippen molar-refractivity contribution >= 4 is 17.9 Å². The second-order valence-electron chi connectivity index (χ2n) is 5.19. The molecule has 120 valence electrons. The summed E-state index contributed by atoms with van der Waals surface area (Å²) in [6.45, 7) is 1.98. The minimum absolute atomic E-state index is 0.102. The number of fused-ring (bicyclic) bond motifs is 1. The van der Waals surface area contributed by atoms with Crippen LogP contribution in [0.25, 0.3) is 11.1 Å². The fourth-order valence-corrected chi connectivity index (χ4v) is 2.58. The van der Waals surface area contributed by atoms with E-state index in [0.29, 0.717) is 11.1 Å². The highest BCUT2D eigenvalue weighted by atomic mass is 16.5. The van der Waals surface area contributed by atoms with Crippen molar-refractivity contribution in [1.29, 1.82) is 0 Å². The Bertz CT molecular complexity index is 856. The fraction of sp³-hybridized carbons (Fsp3) is 0.100. The first-order chi connectivity index (χ1) is 11.7. The quantitative estimate of drug-likeness (QED) is 0.572. The molecule has 0 bridgehead atoms. The van der Waals surface area contributed by atoms with Gasteiger partial charge < -0.3 is 9.84 Å². The molecule has 0 spiro atoms. The van der Waals surface area contributed by atoms with Gasteiger partial charge in [-0.3, -0.25) is 4.99 Å². The van der Waals surface area contributed by atoms with E-state index in [9.17, 15) is 9.90 Å². The summed E-state index contributed by atoms with van der Waals surface area (Å²) in [5.74, 6) is -0.639. The molecule has 2 aliphatic carbocycles. The van der Waals surface area contributed by atoms with Crippen LogP contribution in [0.4, 0.5) is 5.69 Å². The summed E-state index contributed by atoms with van der Waals surface area (Å²) in [5.41, 5.74) is 2.85. The lowest BCUT2D eigenvalue weighted by atomic mass is 10.1. The molecule has 4 nitrogen and oxygen atoms in total. The van der Waals surface area contributed by atoms with Crippen LogP contribution in [0, 0.1) is 0 Å². The molecule has 24 heavy (non-hydrogen) atoms. The van der Waals surface area contributed by atoms with Gasteiger partial charge in [0.2, 0.25) is 0 Å². The van der Waals surface area contributed by atoms with Gasteiger partial charge in [0.15, 0.2) is 0 Å². The summed E-state index contributed by atoms with van der Waals surface area (Å²) in [6.07, 6.45) is 1.58. The number of rotatable bonds is 4. The molecule has 0 fully saturated rings. The van der Waals surface area contributed by atoms with Crippen LogP contribution < -0.4 is 0 Å². The lowest BCUT2D eigenvalue weighted by molar-refractivity contribution is 0.0524. The molecule has 0 saturated carbocycles. The van der Waals surface area contributed by atoms with Gasteiger partial charge in [0.05, 0.1) is 12.3 Å². The number of carbonyl (C=O) groups excluding carboxylic acids is 1. The van der Waals surface area contributed by atoms with Crippen molar-refractivity contribution in [3.8, 4) is 16.9 Å². The van der Waals surface area contributed by atoms with E-state index in [2.05, 4.69) is 4.99 Å². The maximum atomic E-state index is 12.2. The number of aromatic hydroxyl groups is 1. The van der Waals surface area contributed by atoms with Crippen molar-refractivity contribution in [2.24, 2.45) is 4.99 Å². The van der Waals surface area contributed by atoms with Crippen LogP contribution in [0.3, 0.4) is 0 Å². The van der Waals surface area contributed by atoms with E-state index in [4.69, 9.17) is 4.74 Å². The second kappa shape index (κ2) is 6.96. The molecule has 4 heteroatoms. The summed E-state index contributed by atoms with van der Waals surface area (Å²) in [6, 6.07) is 18.6. The summed E-state index contributed by atoms with van der Waals surface area (Å²) in [7, 11) is 0. The molecule has 0 amide bonds. The summed E-state index contributed by atoms with van der Waals surface area (Å²) in [4.78, 5) is 16.6. The number of hydrogen-bond donors (Lipinski definition) is 1. The molecule has 0 radical (unpaired) electrons. The van der Waals surface area contributed by atoms with E-state index in [0.717, 1.165) is 11.3 Å². The van der Waals surface area contributed by atoms with Crippen molar-refractivity contribution in [3.05, 3.63) is 71.8 Å². The summed E-state index contributed by atoms with van der Waals surface area (Å²) >= 11 is 0. The smallest absolute Gasteiger partial charge is 0.342 e. The predicted octanol–water partition coefficient (Wildman–Crippen LogP) is 4.42. The Morgan fingerprint density at radius 2 is 1.67 bits per heavy atom. The van der Waals surface area contributed by atoms with Crippen molar-refractivity contribution < 1.29 is 14.6 Å². The second-order valence-corrected chi connectivity index (χ2v) is 5.19. The molecule has 2 aliphatic rings. The number of nitrogens with zero attached hydrogens (tertiary/aromatic N) is 1. The average molecular weight is 319 g/mol. The predicted molar refractivity (Wildman–Crippen MR) is 94.4 cm³/mol. The Morgan fingerprint density at radius 1 is 1.04 bits per heavy atom. The Morgan fingerprint density at radius 3 is 2.33 bits per heavy atom. The third kappa shape index (κ3) is 2.99. The number of ether oxygens (including phenoxy) is 1. The lowest BCUT2D eigenvalue weighted by Crippen LogP contribution is -2.04. The standard InChI is InChI=1S/C20H17NO3/c1-2-24-20(23)18-16-12-8-4-7-11-15(16)17(19(18)22)13-21-14-9-5-3-6-10-14/h3-13,22H,2H2,1H3. The van der Waals surface area contributed by atoms with Crippen molar-refractivity contribution in [2.45, 2.75) is 6.92 Å². The van der Waals surface area contributed by atoms with Crippen molar-refractivity contribution in [3.63, 3.8) is 0 Å². The van der Waals surface area contributed by atoms with Crippen LogP contribution in [0.2, 0.25) is 0 Å². The van der Waals surface area contributed by atoms with Gasteiger partial charge >= 0.3 is 5.97 Å². The monoisotopic (exact) mass is 319 g/mol. The molecule has 0 heterocycles.